The lowest BCUT2D eigenvalue weighted by atomic mass is 9.98. The molecule has 6 heteroatoms. The number of rotatable bonds is 4. The molecule has 0 amide bonds. The number of carboxylic acids is 2. The number of benzene rings is 1. The lowest BCUT2D eigenvalue weighted by Crippen LogP contribution is -2.07. The van der Waals surface area contributed by atoms with Gasteiger partial charge in [0, 0.05) is 5.56 Å². The van der Waals surface area contributed by atoms with Crippen LogP contribution in [0.5, 0.6) is 11.5 Å². The van der Waals surface area contributed by atoms with E-state index < -0.39 is 29.0 Å². The van der Waals surface area contributed by atoms with Gasteiger partial charge in [-0.3, -0.25) is 0 Å². The number of carbonyl (C=O) groups is 2. The van der Waals surface area contributed by atoms with E-state index in [1.165, 1.54) is 6.08 Å². The Morgan fingerprint density at radius 1 is 1.24 bits per heavy atom. The molecule has 0 spiro atoms. The van der Waals surface area contributed by atoms with Crippen LogP contribution in [0.1, 0.15) is 26.3 Å². The molecule has 4 N–H and O–H groups in total. The quantitative estimate of drug-likeness (QED) is 0.586. The summed E-state index contributed by atoms with van der Waals surface area (Å²) in [4.78, 5) is 21.7. The fourth-order valence-corrected chi connectivity index (χ4v) is 1.45. The van der Waals surface area contributed by atoms with Crippen LogP contribution in [0, 0.1) is 0 Å². The van der Waals surface area contributed by atoms with Crippen LogP contribution in [-0.2, 0) is 6.42 Å². The van der Waals surface area contributed by atoms with Gasteiger partial charge in [0.15, 0.2) is 0 Å². The van der Waals surface area contributed by atoms with Crippen molar-refractivity contribution in [2.75, 3.05) is 0 Å². The zero-order valence-electron chi connectivity index (χ0n) is 8.67. The van der Waals surface area contributed by atoms with E-state index in [1.54, 1.807) is 0 Å². The van der Waals surface area contributed by atoms with Crippen LogP contribution >= 0.6 is 0 Å². The van der Waals surface area contributed by atoms with Crippen molar-refractivity contribution in [1.82, 2.24) is 0 Å². The summed E-state index contributed by atoms with van der Waals surface area (Å²) in [6.07, 6.45) is 1.30. The number of aromatic hydroxyl groups is 2. The van der Waals surface area contributed by atoms with Crippen LogP contribution in [0.2, 0.25) is 0 Å². The minimum Gasteiger partial charge on any atom is -0.507 e. The number of hydrogen-bond acceptors (Lipinski definition) is 4. The van der Waals surface area contributed by atoms with Crippen molar-refractivity contribution in [2.45, 2.75) is 6.42 Å². The van der Waals surface area contributed by atoms with Gasteiger partial charge in [-0.1, -0.05) is 6.08 Å². The maximum absolute atomic E-state index is 10.9. The predicted molar refractivity (Wildman–Crippen MR) is 57.6 cm³/mol. The molecular formula is C11H10O6. The topological polar surface area (TPSA) is 115 Å². The van der Waals surface area contributed by atoms with Crippen molar-refractivity contribution in [3.05, 3.63) is 35.4 Å². The first-order valence-electron chi connectivity index (χ1n) is 4.55. The van der Waals surface area contributed by atoms with E-state index in [0.717, 1.165) is 6.07 Å². The monoisotopic (exact) mass is 238 g/mol. The summed E-state index contributed by atoms with van der Waals surface area (Å²) in [6.45, 7) is 3.38. The van der Waals surface area contributed by atoms with Crippen LogP contribution in [0.3, 0.4) is 0 Å². The summed E-state index contributed by atoms with van der Waals surface area (Å²) in [5, 5.41) is 36.6. The highest BCUT2D eigenvalue weighted by molar-refractivity contribution is 5.99. The molecule has 0 bridgehead atoms. The molecule has 0 radical (unpaired) electrons. The normalized spacial score (nSPS) is 9.88. The van der Waals surface area contributed by atoms with E-state index in [1.807, 2.05) is 0 Å². The first-order valence-corrected chi connectivity index (χ1v) is 4.55. The number of carboxylic acid groups (broad SMARTS) is 2. The molecule has 0 fully saturated rings. The molecule has 17 heavy (non-hydrogen) atoms. The average molecular weight is 238 g/mol. The van der Waals surface area contributed by atoms with E-state index in [2.05, 4.69) is 6.58 Å². The molecule has 0 aromatic heterocycles. The summed E-state index contributed by atoms with van der Waals surface area (Å²) in [6, 6.07) is 0.796. The Hall–Kier alpha value is -2.50. The molecule has 0 aliphatic carbocycles. The molecule has 0 saturated heterocycles. The van der Waals surface area contributed by atoms with Gasteiger partial charge in [0.25, 0.3) is 0 Å². The number of hydrogen-bond donors (Lipinski definition) is 4. The number of aromatic carboxylic acids is 2. The van der Waals surface area contributed by atoms with E-state index in [0.29, 0.717) is 0 Å². The molecule has 0 unspecified atom stereocenters. The SMILES string of the molecule is C=CCc1c(C(=O)O)cc(O)c(C(=O)O)c1O. The summed E-state index contributed by atoms with van der Waals surface area (Å²) < 4.78 is 0. The standard InChI is InChI=1S/C11H10O6/c1-2-3-5-6(10(14)15)4-7(12)8(9(5)13)11(16)17/h2,4,12-13H,1,3H2,(H,14,15)(H,16,17). The van der Waals surface area contributed by atoms with Gasteiger partial charge in [-0.05, 0) is 12.5 Å². The summed E-state index contributed by atoms with van der Waals surface area (Å²) in [5.74, 6) is -4.46. The van der Waals surface area contributed by atoms with Crippen LogP contribution < -0.4 is 0 Å². The number of phenols is 2. The summed E-state index contributed by atoms with van der Waals surface area (Å²) in [5.41, 5.74) is -1.17. The molecular weight excluding hydrogens is 228 g/mol. The van der Waals surface area contributed by atoms with E-state index >= 15 is 0 Å². The molecule has 90 valence electrons. The van der Waals surface area contributed by atoms with Crippen molar-refractivity contribution < 1.29 is 30.0 Å². The van der Waals surface area contributed by atoms with Crippen molar-refractivity contribution in [3.63, 3.8) is 0 Å². The van der Waals surface area contributed by atoms with Gasteiger partial charge >= 0.3 is 11.9 Å². The van der Waals surface area contributed by atoms with Crippen LogP contribution in [-0.4, -0.2) is 32.4 Å². The average Bonchev–Trinajstić information content (AvgIpc) is 2.21. The first-order chi connectivity index (χ1) is 7.90. The van der Waals surface area contributed by atoms with Crippen molar-refractivity contribution in [2.24, 2.45) is 0 Å². The lowest BCUT2D eigenvalue weighted by Gasteiger charge is -2.10. The Morgan fingerprint density at radius 2 is 1.82 bits per heavy atom. The molecule has 0 aliphatic heterocycles. The van der Waals surface area contributed by atoms with Gasteiger partial charge in [-0.25, -0.2) is 9.59 Å². The molecule has 0 saturated carbocycles. The third-order valence-corrected chi connectivity index (χ3v) is 2.18. The summed E-state index contributed by atoms with van der Waals surface area (Å²) >= 11 is 0. The Kier molecular flexibility index (Phi) is 3.37. The van der Waals surface area contributed by atoms with E-state index in [4.69, 9.17) is 10.2 Å². The molecule has 6 nitrogen and oxygen atoms in total. The third-order valence-electron chi connectivity index (χ3n) is 2.18. The molecule has 1 aromatic rings. The smallest absolute Gasteiger partial charge is 0.343 e. The highest BCUT2D eigenvalue weighted by Crippen LogP contribution is 2.34. The zero-order valence-corrected chi connectivity index (χ0v) is 8.67. The molecule has 0 heterocycles. The second-order valence-corrected chi connectivity index (χ2v) is 3.25. The molecule has 0 atom stereocenters. The molecule has 1 rings (SSSR count). The van der Waals surface area contributed by atoms with E-state index in [-0.39, 0.29) is 17.5 Å². The predicted octanol–water partition coefficient (Wildman–Crippen LogP) is 1.22. The second kappa shape index (κ2) is 4.56. The second-order valence-electron chi connectivity index (χ2n) is 3.25. The third kappa shape index (κ3) is 2.20. The Labute approximate surface area is 96.1 Å². The Morgan fingerprint density at radius 3 is 2.24 bits per heavy atom. The number of allylic oxidation sites excluding steroid dienone is 1. The molecule has 0 aliphatic rings. The minimum absolute atomic E-state index is 0.0198. The van der Waals surface area contributed by atoms with Crippen molar-refractivity contribution in [3.8, 4) is 11.5 Å². The Bertz CT molecular complexity index is 503. The van der Waals surface area contributed by atoms with Gasteiger partial charge < -0.3 is 20.4 Å². The van der Waals surface area contributed by atoms with E-state index in [9.17, 15) is 19.8 Å². The van der Waals surface area contributed by atoms with Crippen molar-refractivity contribution >= 4 is 11.9 Å². The Balaban J connectivity index is 3.62. The highest BCUT2D eigenvalue weighted by atomic mass is 16.4. The van der Waals surface area contributed by atoms with Crippen molar-refractivity contribution in [1.29, 1.82) is 0 Å². The molecule has 1 aromatic carbocycles. The van der Waals surface area contributed by atoms with Crippen LogP contribution in [0.15, 0.2) is 18.7 Å². The summed E-state index contributed by atoms with van der Waals surface area (Å²) in [7, 11) is 0. The maximum atomic E-state index is 10.9. The first kappa shape index (κ1) is 12.6. The van der Waals surface area contributed by atoms with Gasteiger partial charge in [-0.15, -0.1) is 6.58 Å². The van der Waals surface area contributed by atoms with Gasteiger partial charge in [-0.2, -0.15) is 0 Å². The van der Waals surface area contributed by atoms with Crippen LogP contribution in [0.25, 0.3) is 0 Å². The fraction of sp³-hybridized carbons (Fsp3) is 0.0909. The van der Waals surface area contributed by atoms with Gasteiger partial charge in [0.2, 0.25) is 0 Å². The van der Waals surface area contributed by atoms with Gasteiger partial charge in [0.05, 0.1) is 5.56 Å². The van der Waals surface area contributed by atoms with Crippen LogP contribution in [0.4, 0.5) is 0 Å². The van der Waals surface area contributed by atoms with Gasteiger partial charge in [0.1, 0.15) is 17.1 Å². The zero-order chi connectivity index (χ0) is 13.2. The maximum Gasteiger partial charge on any atom is 0.343 e. The lowest BCUT2D eigenvalue weighted by molar-refractivity contribution is 0.0673. The highest BCUT2D eigenvalue weighted by Gasteiger charge is 2.24. The minimum atomic E-state index is -1.54. The largest absolute Gasteiger partial charge is 0.507 e. The fourth-order valence-electron chi connectivity index (χ4n) is 1.45.